The molecule has 2 nitrogen and oxygen atoms in total. The lowest BCUT2D eigenvalue weighted by Gasteiger charge is -2.37. The van der Waals surface area contributed by atoms with E-state index in [1.165, 1.54) is 24.0 Å². The molecule has 0 spiro atoms. The Morgan fingerprint density at radius 1 is 0.929 bits per heavy atom. The van der Waals surface area contributed by atoms with Crippen molar-refractivity contribution in [2.45, 2.75) is 59.0 Å². The fourth-order valence-electron chi connectivity index (χ4n) is 4.53. The van der Waals surface area contributed by atoms with Crippen LogP contribution in [0.1, 0.15) is 51.2 Å². The first kappa shape index (κ1) is 20.6. The lowest BCUT2D eigenvalue weighted by atomic mass is 9.75. The predicted octanol–water partition coefficient (Wildman–Crippen LogP) is 6.09. The van der Waals surface area contributed by atoms with Gasteiger partial charge in [0.05, 0.1) is 5.92 Å². The third-order valence-electron chi connectivity index (χ3n) is 6.21. The van der Waals surface area contributed by atoms with E-state index >= 15 is 0 Å². The van der Waals surface area contributed by atoms with Crippen LogP contribution >= 0.6 is 0 Å². The van der Waals surface area contributed by atoms with Crippen molar-refractivity contribution in [2.24, 2.45) is 23.7 Å². The van der Waals surface area contributed by atoms with Crippen molar-refractivity contribution in [3.8, 4) is 0 Å². The Balaban J connectivity index is 1.75. The Labute approximate surface area is 170 Å². The Morgan fingerprint density at radius 3 is 1.96 bits per heavy atom. The van der Waals surface area contributed by atoms with Gasteiger partial charge in [0.15, 0.2) is 0 Å². The molecule has 2 aromatic carbocycles. The van der Waals surface area contributed by atoms with E-state index in [0.717, 1.165) is 19.3 Å². The topological polar surface area (TPSA) is 26.3 Å². The van der Waals surface area contributed by atoms with Gasteiger partial charge in [0.1, 0.15) is 6.10 Å². The average molecular weight is 379 g/mol. The van der Waals surface area contributed by atoms with E-state index in [1.54, 1.807) is 0 Å². The molecule has 3 atom stereocenters. The van der Waals surface area contributed by atoms with Gasteiger partial charge in [0.25, 0.3) is 0 Å². The van der Waals surface area contributed by atoms with Crippen molar-refractivity contribution in [1.82, 2.24) is 0 Å². The highest BCUT2D eigenvalue weighted by atomic mass is 16.5. The molecule has 0 unspecified atom stereocenters. The van der Waals surface area contributed by atoms with Crippen LogP contribution < -0.4 is 0 Å². The molecule has 0 N–H and O–H groups in total. The Hall–Kier alpha value is -2.09. The van der Waals surface area contributed by atoms with Crippen molar-refractivity contribution in [3.05, 3.63) is 71.8 Å². The number of ether oxygens (including phenoxy) is 1. The average Bonchev–Trinajstić information content (AvgIpc) is 2.69. The van der Waals surface area contributed by atoms with E-state index in [9.17, 15) is 4.79 Å². The zero-order chi connectivity index (χ0) is 19.9. The molecule has 0 aliphatic heterocycles. The summed E-state index contributed by atoms with van der Waals surface area (Å²) in [5.74, 6) is 1.49. The zero-order valence-electron chi connectivity index (χ0n) is 17.5. The van der Waals surface area contributed by atoms with Crippen molar-refractivity contribution in [2.75, 3.05) is 0 Å². The third-order valence-corrected chi connectivity index (χ3v) is 6.21. The van der Waals surface area contributed by atoms with Gasteiger partial charge < -0.3 is 4.74 Å². The standard InChI is InChI=1S/C26H34O2/c1-19(2)24-15-14-20(3)16-25(24)28-26(27)23(17-21-10-6-4-7-11-21)18-22-12-8-5-9-13-22/h4-13,19-20,23-25H,14-18H2,1-3H3/t20-,24+,25-/m1/s1. The van der Waals surface area contributed by atoms with E-state index in [4.69, 9.17) is 4.74 Å². The van der Waals surface area contributed by atoms with Gasteiger partial charge in [-0.05, 0) is 54.6 Å². The van der Waals surface area contributed by atoms with Crippen LogP contribution in [-0.4, -0.2) is 12.1 Å². The summed E-state index contributed by atoms with van der Waals surface area (Å²) in [4.78, 5) is 13.3. The van der Waals surface area contributed by atoms with Crippen molar-refractivity contribution in [3.63, 3.8) is 0 Å². The van der Waals surface area contributed by atoms with Crippen LogP contribution in [0.2, 0.25) is 0 Å². The smallest absolute Gasteiger partial charge is 0.309 e. The fourth-order valence-corrected chi connectivity index (χ4v) is 4.53. The van der Waals surface area contributed by atoms with Crippen LogP contribution in [0.15, 0.2) is 60.7 Å². The maximum atomic E-state index is 13.3. The first-order valence-corrected chi connectivity index (χ1v) is 10.8. The van der Waals surface area contributed by atoms with Gasteiger partial charge >= 0.3 is 5.97 Å². The number of benzene rings is 2. The highest BCUT2D eigenvalue weighted by Gasteiger charge is 2.35. The zero-order valence-corrected chi connectivity index (χ0v) is 17.5. The van der Waals surface area contributed by atoms with E-state index in [2.05, 4.69) is 45.0 Å². The highest BCUT2D eigenvalue weighted by molar-refractivity contribution is 5.73. The summed E-state index contributed by atoms with van der Waals surface area (Å²) < 4.78 is 6.20. The normalized spacial score (nSPS) is 22.4. The second-order valence-corrected chi connectivity index (χ2v) is 8.88. The molecule has 1 saturated carbocycles. The molecular formula is C26H34O2. The maximum Gasteiger partial charge on any atom is 0.309 e. The predicted molar refractivity (Wildman–Crippen MR) is 115 cm³/mol. The van der Waals surface area contributed by atoms with Crippen LogP contribution in [0.5, 0.6) is 0 Å². The Morgan fingerprint density at radius 2 is 1.46 bits per heavy atom. The molecule has 0 saturated heterocycles. The molecular weight excluding hydrogens is 344 g/mol. The van der Waals surface area contributed by atoms with E-state index in [0.29, 0.717) is 17.8 Å². The van der Waals surface area contributed by atoms with E-state index < -0.39 is 0 Å². The summed E-state index contributed by atoms with van der Waals surface area (Å²) in [7, 11) is 0. The van der Waals surface area contributed by atoms with Gasteiger partial charge in [-0.1, -0.05) is 87.9 Å². The third kappa shape index (κ3) is 5.70. The molecule has 2 heteroatoms. The van der Waals surface area contributed by atoms with Gasteiger partial charge in [0.2, 0.25) is 0 Å². The number of carbonyl (C=O) groups is 1. The molecule has 150 valence electrons. The number of hydrogen-bond donors (Lipinski definition) is 0. The van der Waals surface area contributed by atoms with E-state index in [1.807, 2.05) is 36.4 Å². The van der Waals surface area contributed by atoms with Crippen molar-refractivity contribution < 1.29 is 9.53 Å². The number of esters is 1. The summed E-state index contributed by atoms with van der Waals surface area (Å²) in [6, 6.07) is 20.6. The number of carbonyl (C=O) groups excluding carboxylic acids is 1. The van der Waals surface area contributed by atoms with Crippen LogP contribution in [-0.2, 0) is 22.4 Å². The first-order valence-electron chi connectivity index (χ1n) is 10.8. The molecule has 1 aliphatic carbocycles. The molecule has 0 bridgehead atoms. The van der Waals surface area contributed by atoms with Gasteiger partial charge in [-0.2, -0.15) is 0 Å². The quantitative estimate of drug-likeness (QED) is 0.545. The Bertz CT molecular complexity index is 681. The summed E-state index contributed by atoms with van der Waals surface area (Å²) in [6.07, 6.45) is 4.92. The SMILES string of the molecule is CC(C)[C@@H]1CC[C@@H](C)C[C@H]1OC(=O)C(Cc1ccccc1)Cc1ccccc1. The molecule has 0 radical (unpaired) electrons. The van der Waals surface area contributed by atoms with Crippen LogP contribution in [0.4, 0.5) is 0 Å². The van der Waals surface area contributed by atoms with Gasteiger partial charge in [-0.3, -0.25) is 4.79 Å². The number of hydrogen-bond acceptors (Lipinski definition) is 2. The molecule has 0 amide bonds. The van der Waals surface area contributed by atoms with Gasteiger partial charge in [-0.25, -0.2) is 0 Å². The van der Waals surface area contributed by atoms with Crippen LogP contribution in [0.3, 0.4) is 0 Å². The van der Waals surface area contributed by atoms with Gasteiger partial charge in [0, 0.05) is 0 Å². The highest BCUT2D eigenvalue weighted by Crippen LogP contribution is 2.36. The first-order chi connectivity index (χ1) is 13.5. The fraction of sp³-hybridized carbons (Fsp3) is 0.500. The van der Waals surface area contributed by atoms with Crippen molar-refractivity contribution in [1.29, 1.82) is 0 Å². The summed E-state index contributed by atoms with van der Waals surface area (Å²) in [5.41, 5.74) is 2.38. The molecule has 28 heavy (non-hydrogen) atoms. The molecule has 0 aromatic heterocycles. The van der Waals surface area contributed by atoms with Crippen molar-refractivity contribution >= 4 is 5.97 Å². The monoisotopic (exact) mass is 378 g/mol. The molecule has 1 aliphatic rings. The minimum atomic E-state index is -0.144. The van der Waals surface area contributed by atoms with Crippen LogP contribution in [0, 0.1) is 23.7 Å². The Kier molecular flexibility index (Phi) is 7.30. The molecule has 2 aromatic rings. The minimum absolute atomic E-state index is 0.0301. The number of rotatable bonds is 7. The maximum absolute atomic E-state index is 13.3. The lowest BCUT2D eigenvalue weighted by Crippen LogP contribution is -2.38. The molecule has 1 fully saturated rings. The van der Waals surface area contributed by atoms with Crippen LogP contribution in [0.25, 0.3) is 0 Å². The molecule has 0 heterocycles. The summed E-state index contributed by atoms with van der Waals surface area (Å²) in [5, 5.41) is 0. The molecule has 3 rings (SSSR count). The largest absolute Gasteiger partial charge is 0.462 e. The minimum Gasteiger partial charge on any atom is -0.462 e. The van der Waals surface area contributed by atoms with Gasteiger partial charge in [-0.15, -0.1) is 0 Å². The lowest BCUT2D eigenvalue weighted by molar-refractivity contribution is -0.161. The van der Waals surface area contributed by atoms with E-state index in [-0.39, 0.29) is 18.0 Å². The second kappa shape index (κ2) is 9.91. The summed E-state index contributed by atoms with van der Waals surface area (Å²) >= 11 is 0. The second-order valence-electron chi connectivity index (χ2n) is 8.88. The summed E-state index contributed by atoms with van der Waals surface area (Å²) in [6.45, 7) is 6.79.